The number of amides is 1. The van der Waals surface area contributed by atoms with Crippen molar-refractivity contribution < 1.29 is 9.53 Å². The van der Waals surface area contributed by atoms with E-state index in [0.29, 0.717) is 17.5 Å². The lowest BCUT2D eigenvalue weighted by Gasteiger charge is -2.08. The average molecular weight is 382 g/mol. The van der Waals surface area contributed by atoms with Crippen molar-refractivity contribution in [1.82, 2.24) is 20.5 Å². The molecule has 0 aliphatic heterocycles. The summed E-state index contributed by atoms with van der Waals surface area (Å²) in [5, 5.41) is 10.5. The largest absolute Gasteiger partial charge is 0.496 e. The lowest BCUT2D eigenvalue weighted by molar-refractivity contribution is -0.118. The highest BCUT2D eigenvalue weighted by Crippen LogP contribution is 2.20. The molecule has 7 heteroatoms. The van der Waals surface area contributed by atoms with Gasteiger partial charge >= 0.3 is 0 Å². The van der Waals surface area contributed by atoms with Gasteiger partial charge in [-0.05, 0) is 18.1 Å². The Bertz CT molecular complexity index is 893. The number of rotatable bonds is 8. The van der Waals surface area contributed by atoms with Gasteiger partial charge in [-0.2, -0.15) is 0 Å². The van der Waals surface area contributed by atoms with Crippen LogP contribution in [0.2, 0.25) is 0 Å². The number of H-pyrrole nitrogens is 1. The fourth-order valence-electron chi connectivity index (χ4n) is 2.56. The number of para-hydroxylation sites is 1. The van der Waals surface area contributed by atoms with Gasteiger partial charge in [0.2, 0.25) is 11.1 Å². The van der Waals surface area contributed by atoms with Gasteiger partial charge in [-0.25, -0.2) is 4.98 Å². The zero-order valence-electron chi connectivity index (χ0n) is 15.4. The van der Waals surface area contributed by atoms with Gasteiger partial charge in [-0.15, -0.1) is 5.10 Å². The van der Waals surface area contributed by atoms with Crippen molar-refractivity contribution in [2.75, 3.05) is 12.9 Å². The summed E-state index contributed by atoms with van der Waals surface area (Å²) in [6, 6.07) is 15.8. The molecule has 27 heavy (non-hydrogen) atoms. The van der Waals surface area contributed by atoms with Crippen molar-refractivity contribution in [2.45, 2.75) is 25.0 Å². The quantitative estimate of drug-likeness (QED) is 0.583. The second kappa shape index (κ2) is 9.23. The molecule has 0 bridgehead atoms. The Labute approximate surface area is 162 Å². The molecule has 1 heterocycles. The fraction of sp³-hybridized carbons (Fsp3) is 0.250. The van der Waals surface area contributed by atoms with Crippen molar-refractivity contribution >= 4 is 17.7 Å². The maximum atomic E-state index is 12.1. The van der Waals surface area contributed by atoms with Crippen molar-refractivity contribution in [3.05, 3.63) is 59.7 Å². The predicted molar refractivity (Wildman–Crippen MR) is 107 cm³/mol. The Morgan fingerprint density at radius 1 is 1.19 bits per heavy atom. The van der Waals surface area contributed by atoms with Gasteiger partial charge in [0.05, 0.1) is 12.9 Å². The van der Waals surface area contributed by atoms with Crippen LogP contribution in [0.15, 0.2) is 53.7 Å². The second-order valence-corrected chi connectivity index (χ2v) is 6.84. The molecule has 3 aromatic rings. The number of hydrogen-bond donors (Lipinski definition) is 2. The Kier molecular flexibility index (Phi) is 6.49. The van der Waals surface area contributed by atoms with E-state index in [9.17, 15) is 4.79 Å². The van der Waals surface area contributed by atoms with Crippen LogP contribution in [0.4, 0.5) is 0 Å². The number of carbonyl (C=O) groups excluding carboxylic acids is 1. The first-order valence-corrected chi connectivity index (χ1v) is 9.71. The minimum atomic E-state index is -0.0791. The lowest BCUT2D eigenvalue weighted by atomic mass is 10.1. The maximum absolute atomic E-state index is 12.1. The topological polar surface area (TPSA) is 79.9 Å². The van der Waals surface area contributed by atoms with E-state index in [1.54, 1.807) is 7.11 Å². The van der Waals surface area contributed by atoms with Gasteiger partial charge in [-0.1, -0.05) is 61.2 Å². The highest BCUT2D eigenvalue weighted by Gasteiger charge is 2.10. The number of benzene rings is 2. The molecule has 1 aromatic heterocycles. The first kappa shape index (κ1) is 19.0. The van der Waals surface area contributed by atoms with E-state index in [1.807, 2.05) is 36.4 Å². The van der Waals surface area contributed by atoms with Crippen molar-refractivity contribution in [3.8, 4) is 17.1 Å². The maximum Gasteiger partial charge on any atom is 0.230 e. The summed E-state index contributed by atoms with van der Waals surface area (Å²) in [5.74, 6) is 1.64. The van der Waals surface area contributed by atoms with Crippen molar-refractivity contribution in [2.24, 2.45) is 0 Å². The number of thioether (sulfide) groups is 1. The van der Waals surface area contributed by atoms with Crippen molar-refractivity contribution in [3.63, 3.8) is 0 Å². The fourth-order valence-corrected chi connectivity index (χ4v) is 3.19. The number of ether oxygens (including phenoxy) is 1. The van der Waals surface area contributed by atoms with Gasteiger partial charge < -0.3 is 10.1 Å². The molecule has 6 nitrogen and oxygen atoms in total. The monoisotopic (exact) mass is 382 g/mol. The van der Waals surface area contributed by atoms with Gasteiger partial charge in [0.1, 0.15) is 5.75 Å². The Morgan fingerprint density at radius 2 is 1.96 bits per heavy atom. The van der Waals surface area contributed by atoms with Gasteiger partial charge in [-0.3, -0.25) is 9.89 Å². The molecule has 0 atom stereocenters. The van der Waals surface area contributed by atoms with Crippen LogP contribution < -0.4 is 10.1 Å². The van der Waals surface area contributed by atoms with Crippen LogP contribution in [0, 0.1) is 0 Å². The Hall–Kier alpha value is -2.80. The molecule has 0 spiro atoms. The lowest BCUT2D eigenvalue weighted by Crippen LogP contribution is -2.24. The molecule has 3 rings (SSSR count). The van der Waals surface area contributed by atoms with E-state index < -0.39 is 0 Å². The number of nitrogens with one attached hydrogen (secondary N) is 2. The predicted octanol–water partition coefficient (Wildman–Crippen LogP) is 3.45. The molecular formula is C20H22N4O2S. The third kappa shape index (κ3) is 5.10. The van der Waals surface area contributed by atoms with E-state index in [4.69, 9.17) is 4.74 Å². The molecule has 1 amide bonds. The van der Waals surface area contributed by atoms with Gasteiger partial charge in [0.15, 0.2) is 5.82 Å². The molecule has 0 unspecified atom stereocenters. The third-order valence-corrected chi connectivity index (χ3v) is 4.95. The summed E-state index contributed by atoms with van der Waals surface area (Å²) in [6.07, 6.45) is 1.00. The summed E-state index contributed by atoms with van der Waals surface area (Å²) >= 11 is 1.30. The SMILES string of the molecule is CCc1ccc(-c2nc(SCC(=O)NCc3ccccc3OC)n[nH]2)cc1. The van der Waals surface area contributed by atoms with Gasteiger partial charge in [0, 0.05) is 17.7 Å². The molecule has 0 radical (unpaired) electrons. The van der Waals surface area contributed by atoms with E-state index in [-0.39, 0.29) is 11.7 Å². The summed E-state index contributed by atoms with van der Waals surface area (Å²) in [6.45, 7) is 2.55. The molecule has 0 saturated heterocycles. The highest BCUT2D eigenvalue weighted by atomic mass is 32.2. The first-order chi connectivity index (χ1) is 13.2. The zero-order chi connectivity index (χ0) is 19.1. The Balaban J connectivity index is 1.51. The first-order valence-electron chi connectivity index (χ1n) is 8.72. The normalized spacial score (nSPS) is 10.6. The van der Waals surface area contributed by atoms with E-state index in [1.165, 1.54) is 17.3 Å². The number of carbonyl (C=O) groups is 1. The minimum absolute atomic E-state index is 0.0791. The zero-order valence-corrected chi connectivity index (χ0v) is 16.2. The number of aromatic nitrogens is 3. The number of aromatic amines is 1. The van der Waals surface area contributed by atoms with Crippen molar-refractivity contribution in [1.29, 1.82) is 0 Å². The Morgan fingerprint density at radius 3 is 2.70 bits per heavy atom. The van der Waals surface area contributed by atoms with Crippen LogP contribution in [0.5, 0.6) is 5.75 Å². The minimum Gasteiger partial charge on any atom is -0.496 e. The number of nitrogens with zero attached hydrogens (tertiary/aromatic N) is 2. The number of hydrogen-bond acceptors (Lipinski definition) is 5. The summed E-state index contributed by atoms with van der Waals surface area (Å²) in [5.41, 5.74) is 3.20. The van der Waals surface area contributed by atoms with Crippen LogP contribution in [-0.4, -0.2) is 34.0 Å². The second-order valence-electron chi connectivity index (χ2n) is 5.89. The summed E-state index contributed by atoms with van der Waals surface area (Å²) < 4.78 is 5.29. The number of methoxy groups -OCH3 is 1. The molecular weight excluding hydrogens is 360 g/mol. The number of aryl methyl sites for hydroxylation is 1. The molecule has 140 valence electrons. The smallest absolute Gasteiger partial charge is 0.230 e. The summed E-state index contributed by atoms with van der Waals surface area (Å²) in [7, 11) is 1.62. The van der Waals surface area contributed by atoms with Crippen LogP contribution in [0.3, 0.4) is 0 Å². The molecule has 2 aromatic carbocycles. The van der Waals surface area contributed by atoms with Crippen LogP contribution in [0.1, 0.15) is 18.1 Å². The van der Waals surface area contributed by atoms with Crippen LogP contribution in [0.25, 0.3) is 11.4 Å². The van der Waals surface area contributed by atoms with E-state index in [2.05, 4.69) is 39.6 Å². The van der Waals surface area contributed by atoms with Crippen LogP contribution in [-0.2, 0) is 17.8 Å². The molecule has 0 saturated carbocycles. The van der Waals surface area contributed by atoms with Gasteiger partial charge in [0.25, 0.3) is 0 Å². The third-order valence-electron chi connectivity index (χ3n) is 4.10. The van der Waals surface area contributed by atoms with E-state index >= 15 is 0 Å². The summed E-state index contributed by atoms with van der Waals surface area (Å²) in [4.78, 5) is 16.5. The molecule has 2 N–H and O–H groups in total. The van der Waals surface area contributed by atoms with E-state index in [0.717, 1.165) is 23.3 Å². The molecule has 0 aliphatic rings. The standard InChI is InChI=1S/C20H22N4O2S/c1-3-14-8-10-15(11-9-14)19-22-20(24-23-19)27-13-18(25)21-12-16-6-4-5-7-17(16)26-2/h4-11H,3,12-13H2,1-2H3,(H,21,25)(H,22,23,24). The average Bonchev–Trinajstić information content (AvgIpc) is 3.20. The van der Waals surface area contributed by atoms with Crippen LogP contribution >= 0.6 is 11.8 Å². The molecule has 0 aliphatic carbocycles. The highest BCUT2D eigenvalue weighted by molar-refractivity contribution is 7.99. The molecule has 0 fully saturated rings.